The Morgan fingerprint density at radius 3 is 2.09 bits per heavy atom. The fourth-order valence-electron chi connectivity index (χ4n) is 6.60. The van der Waals surface area contributed by atoms with Gasteiger partial charge in [0.1, 0.15) is 34.3 Å². The maximum absolute atomic E-state index is 15.8. The lowest BCUT2D eigenvalue weighted by molar-refractivity contribution is -0.137. The van der Waals surface area contributed by atoms with Crippen LogP contribution in [-0.2, 0) is 22.7 Å². The summed E-state index contributed by atoms with van der Waals surface area (Å²) in [5.74, 6) is -3.59. The average Bonchev–Trinajstić information content (AvgIpc) is 3.71. The lowest BCUT2D eigenvalue weighted by Gasteiger charge is -2.45. The van der Waals surface area contributed by atoms with Crippen molar-refractivity contribution in [1.82, 2.24) is 14.3 Å². The van der Waals surface area contributed by atoms with Crippen molar-refractivity contribution in [2.75, 3.05) is 31.6 Å². The molecule has 16 heteroatoms. The third-order valence-corrected chi connectivity index (χ3v) is 11.9. The number of methoxy groups -OCH3 is 2. The average molecular weight is 809 g/mol. The number of rotatable bonds is 13. The van der Waals surface area contributed by atoms with Crippen molar-refractivity contribution in [2.45, 2.75) is 29.6 Å². The van der Waals surface area contributed by atoms with Gasteiger partial charge in [-0.25, -0.2) is 26.5 Å². The van der Waals surface area contributed by atoms with Crippen molar-refractivity contribution < 1.29 is 44.6 Å². The standard InChI is InChI=1S/C40H33F5N4O5S2/c1-52-31-14-13-27(35(18-31)53-2)23-49(39-46-24-47-55-39)56(50,51)37-20-33(41)36(19-34(37)42)54-32-16-28(15-30(17-32)40(43,44)45)29-21-48(22-29)38(25-9-5-3-6-10-25)26-11-7-4-8-12-26/h3-20,24,29,38H,21-23H2,1-2H3. The predicted octanol–water partition coefficient (Wildman–Crippen LogP) is 9.23. The van der Waals surface area contributed by atoms with Crippen LogP contribution in [0.5, 0.6) is 23.0 Å². The first kappa shape index (κ1) is 38.7. The summed E-state index contributed by atoms with van der Waals surface area (Å²) < 4.78 is 123. The van der Waals surface area contributed by atoms with Crippen molar-refractivity contribution in [1.29, 1.82) is 0 Å². The Labute approximate surface area is 323 Å². The van der Waals surface area contributed by atoms with Gasteiger partial charge in [-0.15, -0.1) is 0 Å². The van der Waals surface area contributed by atoms with E-state index in [1.54, 1.807) is 12.1 Å². The molecule has 2 heterocycles. The minimum atomic E-state index is -4.87. The second-order valence-electron chi connectivity index (χ2n) is 12.9. The summed E-state index contributed by atoms with van der Waals surface area (Å²) in [6, 6.07) is 28.0. The van der Waals surface area contributed by atoms with Crippen molar-refractivity contribution in [2.24, 2.45) is 0 Å². The highest BCUT2D eigenvalue weighted by Gasteiger charge is 2.38. The first-order valence-corrected chi connectivity index (χ1v) is 19.3. The third kappa shape index (κ3) is 8.03. The third-order valence-electron chi connectivity index (χ3n) is 9.39. The maximum Gasteiger partial charge on any atom is 0.416 e. The molecular weight excluding hydrogens is 776 g/mol. The Balaban J connectivity index is 1.17. The van der Waals surface area contributed by atoms with Crippen LogP contribution in [0.1, 0.15) is 39.8 Å². The maximum atomic E-state index is 15.8. The Hall–Kier alpha value is -5.58. The second kappa shape index (κ2) is 15.9. The topological polar surface area (TPSA) is 94.1 Å². The van der Waals surface area contributed by atoms with E-state index in [1.165, 1.54) is 26.4 Å². The second-order valence-corrected chi connectivity index (χ2v) is 15.5. The van der Waals surface area contributed by atoms with Gasteiger partial charge in [0.25, 0.3) is 10.0 Å². The number of likely N-dealkylation sites (tertiary alicyclic amines) is 1. The van der Waals surface area contributed by atoms with E-state index >= 15 is 8.78 Å². The zero-order valence-electron chi connectivity index (χ0n) is 29.8. The number of hydrogen-bond donors (Lipinski definition) is 0. The highest BCUT2D eigenvalue weighted by Crippen LogP contribution is 2.42. The quantitative estimate of drug-likeness (QED) is 0.107. The van der Waals surface area contributed by atoms with Crippen LogP contribution in [0.15, 0.2) is 120 Å². The smallest absolute Gasteiger partial charge is 0.416 e. The largest absolute Gasteiger partial charge is 0.497 e. The molecule has 6 aromatic rings. The van der Waals surface area contributed by atoms with Crippen LogP contribution in [0.4, 0.5) is 27.1 Å². The minimum Gasteiger partial charge on any atom is -0.497 e. The van der Waals surface area contributed by atoms with E-state index in [2.05, 4.69) is 14.3 Å². The van der Waals surface area contributed by atoms with Gasteiger partial charge in [-0.05, 0) is 47.0 Å². The van der Waals surface area contributed by atoms with E-state index < -0.39 is 56.3 Å². The Kier molecular flexibility index (Phi) is 11.0. The van der Waals surface area contributed by atoms with Gasteiger partial charge < -0.3 is 14.2 Å². The molecule has 290 valence electrons. The lowest BCUT2D eigenvalue weighted by Crippen LogP contribution is -2.47. The van der Waals surface area contributed by atoms with Crippen LogP contribution in [-0.4, -0.2) is 50.0 Å². The summed E-state index contributed by atoms with van der Waals surface area (Å²) >= 11 is 0.705. The molecule has 0 N–H and O–H groups in total. The van der Waals surface area contributed by atoms with Gasteiger partial charge in [0, 0.05) is 54.3 Å². The zero-order valence-corrected chi connectivity index (χ0v) is 31.4. The molecule has 0 radical (unpaired) electrons. The van der Waals surface area contributed by atoms with Crippen LogP contribution in [0.25, 0.3) is 0 Å². The van der Waals surface area contributed by atoms with Gasteiger partial charge in [0.15, 0.2) is 11.6 Å². The van der Waals surface area contributed by atoms with Crippen molar-refractivity contribution in [3.63, 3.8) is 0 Å². The van der Waals surface area contributed by atoms with E-state index in [1.807, 2.05) is 60.7 Å². The Morgan fingerprint density at radius 1 is 0.821 bits per heavy atom. The van der Waals surface area contributed by atoms with Gasteiger partial charge in [-0.2, -0.15) is 17.5 Å². The van der Waals surface area contributed by atoms with Crippen molar-refractivity contribution in [3.8, 4) is 23.0 Å². The molecule has 1 aromatic heterocycles. The van der Waals surface area contributed by atoms with Gasteiger partial charge in [-0.1, -0.05) is 60.7 Å². The summed E-state index contributed by atoms with van der Waals surface area (Å²) in [5.41, 5.74) is 1.67. The number of alkyl halides is 3. The molecule has 9 nitrogen and oxygen atoms in total. The molecule has 0 atom stereocenters. The number of sulfonamides is 1. The van der Waals surface area contributed by atoms with Crippen LogP contribution < -0.4 is 18.5 Å². The summed E-state index contributed by atoms with van der Waals surface area (Å²) in [6.07, 6.45) is -3.67. The molecule has 0 spiro atoms. The van der Waals surface area contributed by atoms with Gasteiger partial charge in [-0.3, -0.25) is 4.90 Å². The van der Waals surface area contributed by atoms with Crippen LogP contribution in [0.2, 0.25) is 0 Å². The summed E-state index contributed by atoms with van der Waals surface area (Å²) in [6.45, 7) is 0.420. The van der Waals surface area contributed by atoms with Crippen molar-refractivity contribution >= 4 is 26.7 Å². The number of halogens is 5. The Morgan fingerprint density at radius 2 is 1.50 bits per heavy atom. The van der Waals surface area contributed by atoms with E-state index in [4.69, 9.17) is 14.2 Å². The molecule has 1 aliphatic rings. The van der Waals surface area contributed by atoms with Crippen molar-refractivity contribution in [3.05, 3.63) is 155 Å². The van der Waals surface area contributed by atoms with Crippen LogP contribution in [0, 0.1) is 11.6 Å². The summed E-state index contributed by atoms with van der Waals surface area (Å²) in [4.78, 5) is 5.07. The number of aromatic nitrogens is 2. The fourth-order valence-corrected chi connectivity index (χ4v) is 8.79. The number of ether oxygens (including phenoxy) is 3. The van der Waals surface area contributed by atoms with E-state index in [0.717, 1.165) is 27.8 Å². The minimum absolute atomic E-state index is 0.136. The lowest BCUT2D eigenvalue weighted by atomic mass is 9.85. The highest BCUT2D eigenvalue weighted by atomic mass is 32.2. The van der Waals surface area contributed by atoms with Gasteiger partial charge in [0.2, 0.25) is 5.13 Å². The van der Waals surface area contributed by atoms with E-state index in [-0.39, 0.29) is 22.8 Å². The number of anilines is 1. The molecule has 0 amide bonds. The van der Waals surface area contributed by atoms with Crippen LogP contribution >= 0.6 is 11.5 Å². The zero-order chi connectivity index (χ0) is 39.6. The number of benzene rings is 5. The SMILES string of the molecule is COc1ccc(CN(c2ncns2)S(=O)(=O)c2cc(F)c(Oc3cc(C4CN(C(c5ccccc5)c5ccccc5)C4)cc(C(F)(F)F)c3)cc2F)c(OC)c1. The molecule has 0 unspecified atom stereocenters. The molecule has 7 rings (SSSR count). The van der Waals surface area contributed by atoms with Gasteiger partial charge in [0.05, 0.1) is 32.4 Å². The fraction of sp³-hybridized carbons (Fsp3) is 0.200. The highest BCUT2D eigenvalue weighted by molar-refractivity contribution is 7.93. The summed E-state index contributed by atoms with van der Waals surface area (Å²) in [7, 11) is -2.05. The molecule has 0 saturated carbocycles. The number of nitrogens with zero attached hydrogens (tertiary/aromatic N) is 4. The van der Waals surface area contributed by atoms with Gasteiger partial charge >= 0.3 is 6.18 Å². The first-order valence-electron chi connectivity index (χ1n) is 17.1. The molecule has 56 heavy (non-hydrogen) atoms. The van der Waals surface area contributed by atoms with E-state index in [0.29, 0.717) is 59.7 Å². The molecular formula is C40H33F5N4O5S2. The molecule has 0 aliphatic carbocycles. The predicted molar refractivity (Wildman–Crippen MR) is 200 cm³/mol. The molecule has 1 aliphatic heterocycles. The summed E-state index contributed by atoms with van der Waals surface area (Å²) in [5, 5.41) is -0.145. The molecule has 1 fully saturated rings. The molecule has 0 bridgehead atoms. The molecule has 5 aromatic carbocycles. The van der Waals surface area contributed by atoms with E-state index in [9.17, 15) is 21.6 Å². The monoisotopic (exact) mass is 808 g/mol. The normalized spacial score (nSPS) is 13.7. The molecule has 1 saturated heterocycles. The number of hydrogen-bond acceptors (Lipinski definition) is 9. The van der Waals surface area contributed by atoms with Crippen LogP contribution in [0.3, 0.4) is 0 Å². The Bertz CT molecular complexity index is 2380. The first-order chi connectivity index (χ1) is 26.8.